The summed E-state index contributed by atoms with van der Waals surface area (Å²) in [5.74, 6) is -0.362. The van der Waals surface area contributed by atoms with Crippen molar-refractivity contribution in [3.05, 3.63) is 0 Å². The van der Waals surface area contributed by atoms with Crippen molar-refractivity contribution in [1.29, 1.82) is 0 Å². The zero-order valence-electron chi connectivity index (χ0n) is 18.0. The van der Waals surface area contributed by atoms with Crippen molar-refractivity contribution in [2.24, 2.45) is 11.8 Å². The van der Waals surface area contributed by atoms with Gasteiger partial charge in [-0.3, -0.25) is 4.79 Å². The van der Waals surface area contributed by atoms with Crippen LogP contribution in [0.5, 0.6) is 0 Å². The third kappa shape index (κ3) is 8.18. The fourth-order valence-electron chi connectivity index (χ4n) is 3.87. The van der Waals surface area contributed by atoms with Crippen LogP contribution in [0.15, 0.2) is 0 Å². The van der Waals surface area contributed by atoms with Gasteiger partial charge in [0.1, 0.15) is 12.2 Å². The molecule has 160 valence electrons. The third-order valence-electron chi connectivity index (χ3n) is 5.42. The lowest BCUT2D eigenvalue weighted by molar-refractivity contribution is -0.292. The highest BCUT2D eigenvalue weighted by atomic mass is 16.7. The molecule has 1 heterocycles. The van der Waals surface area contributed by atoms with E-state index in [1.807, 2.05) is 27.7 Å². The molecule has 5 nitrogen and oxygen atoms in total. The van der Waals surface area contributed by atoms with E-state index in [0.717, 1.165) is 19.3 Å². The molecule has 0 spiro atoms. The van der Waals surface area contributed by atoms with Crippen LogP contribution in [-0.4, -0.2) is 46.7 Å². The van der Waals surface area contributed by atoms with Crippen molar-refractivity contribution < 1.29 is 24.5 Å². The Morgan fingerprint density at radius 1 is 0.926 bits per heavy atom. The van der Waals surface area contributed by atoms with Crippen LogP contribution in [0, 0.1) is 11.8 Å². The van der Waals surface area contributed by atoms with Crippen molar-refractivity contribution in [3.8, 4) is 0 Å². The monoisotopic (exact) mass is 386 g/mol. The number of aliphatic hydroxyl groups is 2. The average Bonchev–Trinajstić information content (AvgIpc) is 2.60. The lowest BCUT2D eigenvalue weighted by Gasteiger charge is -2.44. The van der Waals surface area contributed by atoms with E-state index in [1.165, 1.54) is 32.1 Å². The van der Waals surface area contributed by atoms with Crippen molar-refractivity contribution in [2.75, 3.05) is 0 Å². The van der Waals surface area contributed by atoms with Gasteiger partial charge >= 0.3 is 0 Å². The van der Waals surface area contributed by atoms with Crippen LogP contribution >= 0.6 is 0 Å². The number of ether oxygens (including phenoxy) is 2. The Balaban J connectivity index is 2.52. The number of carbonyl (C=O) groups is 1. The minimum absolute atomic E-state index is 0.0167. The topological polar surface area (TPSA) is 76.0 Å². The number of Topliss-reactive ketones (excluding diaryl/α,β-unsaturated/α-hetero) is 1. The first-order valence-corrected chi connectivity index (χ1v) is 11.0. The molecular weight excluding hydrogens is 344 g/mol. The largest absolute Gasteiger partial charge is 0.390 e. The SMILES string of the molecule is CCCCCCCCCCC(=O)C1OC(OC(C)C)C(O)C(O)C1C(C)C. The lowest BCUT2D eigenvalue weighted by Crippen LogP contribution is -2.59. The molecule has 0 aromatic rings. The fourth-order valence-corrected chi connectivity index (χ4v) is 3.87. The van der Waals surface area contributed by atoms with Crippen molar-refractivity contribution >= 4 is 5.78 Å². The van der Waals surface area contributed by atoms with Crippen LogP contribution in [0.3, 0.4) is 0 Å². The molecule has 2 N–H and O–H groups in total. The smallest absolute Gasteiger partial charge is 0.187 e. The molecule has 5 heteroatoms. The molecule has 27 heavy (non-hydrogen) atoms. The summed E-state index contributed by atoms with van der Waals surface area (Å²) in [6, 6.07) is 0. The summed E-state index contributed by atoms with van der Waals surface area (Å²) in [5.41, 5.74) is 0. The van der Waals surface area contributed by atoms with Crippen molar-refractivity contribution in [3.63, 3.8) is 0 Å². The molecule has 0 amide bonds. The number of rotatable bonds is 13. The van der Waals surface area contributed by atoms with E-state index in [4.69, 9.17) is 9.47 Å². The Hall–Kier alpha value is -0.490. The van der Waals surface area contributed by atoms with E-state index < -0.39 is 30.5 Å². The predicted molar refractivity (Wildman–Crippen MR) is 107 cm³/mol. The van der Waals surface area contributed by atoms with Crippen LogP contribution in [-0.2, 0) is 14.3 Å². The summed E-state index contributed by atoms with van der Waals surface area (Å²) in [6.07, 6.45) is 5.93. The Kier molecular flexibility index (Phi) is 11.7. The van der Waals surface area contributed by atoms with Gasteiger partial charge in [0.15, 0.2) is 12.1 Å². The first-order valence-electron chi connectivity index (χ1n) is 11.0. The molecule has 0 aromatic heterocycles. The van der Waals surface area contributed by atoms with Gasteiger partial charge in [-0.2, -0.15) is 0 Å². The van der Waals surface area contributed by atoms with E-state index in [-0.39, 0.29) is 17.8 Å². The van der Waals surface area contributed by atoms with Crippen LogP contribution in [0.2, 0.25) is 0 Å². The van der Waals surface area contributed by atoms with Gasteiger partial charge in [0.05, 0.1) is 12.2 Å². The molecule has 1 saturated heterocycles. The molecule has 0 bridgehead atoms. The Labute approximate surface area is 165 Å². The third-order valence-corrected chi connectivity index (χ3v) is 5.42. The summed E-state index contributed by atoms with van der Waals surface area (Å²) < 4.78 is 11.4. The first-order chi connectivity index (χ1) is 12.8. The van der Waals surface area contributed by atoms with Crippen molar-refractivity contribution in [2.45, 2.75) is 123 Å². The molecule has 1 rings (SSSR count). The number of carbonyl (C=O) groups excluding carboxylic acids is 1. The Morgan fingerprint density at radius 2 is 1.48 bits per heavy atom. The second kappa shape index (κ2) is 12.9. The highest BCUT2D eigenvalue weighted by Gasteiger charge is 2.48. The van der Waals surface area contributed by atoms with Crippen LogP contribution < -0.4 is 0 Å². The number of hydrogen-bond donors (Lipinski definition) is 2. The summed E-state index contributed by atoms with van der Waals surface area (Å²) in [6.45, 7) is 9.80. The summed E-state index contributed by atoms with van der Waals surface area (Å²) in [7, 11) is 0. The van der Waals surface area contributed by atoms with Gasteiger partial charge in [-0.15, -0.1) is 0 Å². The van der Waals surface area contributed by atoms with E-state index in [1.54, 1.807) is 0 Å². The second-order valence-electron chi connectivity index (χ2n) is 8.60. The van der Waals surface area contributed by atoms with Crippen LogP contribution in [0.1, 0.15) is 92.4 Å². The molecule has 0 saturated carbocycles. The van der Waals surface area contributed by atoms with Gasteiger partial charge in [0.2, 0.25) is 0 Å². The maximum Gasteiger partial charge on any atom is 0.187 e. The van der Waals surface area contributed by atoms with E-state index in [9.17, 15) is 15.0 Å². The van der Waals surface area contributed by atoms with Gasteiger partial charge < -0.3 is 19.7 Å². The highest BCUT2D eigenvalue weighted by molar-refractivity contribution is 5.83. The predicted octanol–water partition coefficient (Wildman–Crippen LogP) is 4.23. The zero-order chi connectivity index (χ0) is 20.4. The molecule has 0 aliphatic carbocycles. The quantitative estimate of drug-likeness (QED) is 0.463. The molecule has 1 fully saturated rings. The minimum Gasteiger partial charge on any atom is -0.390 e. The van der Waals surface area contributed by atoms with E-state index >= 15 is 0 Å². The molecule has 0 radical (unpaired) electrons. The summed E-state index contributed by atoms with van der Waals surface area (Å²) in [4.78, 5) is 12.8. The normalized spacial score (nSPS) is 28.9. The number of hydrogen-bond acceptors (Lipinski definition) is 5. The van der Waals surface area contributed by atoms with Crippen LogP contribution in [0.4, 0.5) is 0 Å². The highest BCUT2D eigenvalue weighted by Crippen LogP contribution is 2.33. The molecular formula is C22H42O5. The standard InChI is InChI=1S/C22H42O5/c1-6-7-8-9-10-11-12-13-14-17(23)21-18(15(2)3)19(24)20(25)22(27-21)26-16(4)5/h15-16,18-22,24-25H,6-14H2,1-5H3. The van der Waals surface area contributed by atoms with E-state index in [0.29, 0.717) is 6.42 Å². The number of aliphatic hydroxyl groups excluding tert-OH is 2. The molecule has 1 aliphatic rings. The molecule has 0 aromatic carbocycles. The number of ketones is 1. The maximum absolute atomic E-state index is 12.8. The summed E-state index contributed by atoms with van der Waals surface area (Å²) in [5, 5.41) is 20.9. The molecule has 5 unspecified atom stereocenters. The van der Waals surface area contributed by atoms with Gasteiger partial charge in [0.25, 0.3) is 0 Å². The van der Waals surface area contributed by atoms with Crippen molar-refractivity contribution in [1.82, 2.24) is 0 Å². The van der Waals surface area contributed by atoms with Gasteiger partial charge in [-0.1, -0.05) is 65.7 Å². The van der Waals surface area contributed by atoms with Crippen LogP contribution in [0.25, 0.3) is 0 Å². The average molecular weight is 387 g/mol. The van der Waals surface area contributed by atoms with Gasteiger partial charge in [0, 0.05) is 12.3 Å². The maximum atomic E-state index is 12.8. The first kappa shape index (κ1) is 24.5. The molecule has 1 aliphatic heterocycles. The van der Waals surface area contributed by atoms with Gasteiger partial charge in [-0.25, -0.2) is 0 Å². The second-order valence-corrected chi connectivity index (χ2v) is 8.60. The fraction of sp³-hybridized carbons (Fsp3) is 0.955. The van der Waals surface area contributed by atoms with Gasteiger partial charge in [-0.05, 0) is 26.2 Å². The Bertz CT molecular complexity index is 408. The van der Waals surface area contributed by atoms with E-state index in [2.05, 4.69) is 6.92 Å². The number of unbranched alkanes of at least 4 members (excludes halogenated alkanes) is 7. The zero-order valence-corrected chi connectivity index (χ0v) is 18.0. The lowest BCUT2D eigenvalue weighted by atomic mass is 9.78. The Morgan fingerprint density at radius 3 is 2.00 bits per heavy atom. The minimum atomic E-state index is -1.13. The molecule has 5 atom stereocenters. The summed E-state index contributed by atoms with van der Waals surface area (Å²) >= 11 is 0.